The van der Waals surface area contributed by atoms with Crippen molar-refractivity contribution in [3.63, 3.8) is 0 Å². The number of aromatic nitrogens is 1. The van der Waals surface area contributed by atoms with Crippen molar-refractivity contribution < 1.29 is 22.7 Å². The quantitative estimate of drug-likeness (QED) is 0.589. The minimum Gasteiger partial charge on any atom is -0.504 e. The monoisotopic (exact) mass is 401 g/mol. The van der Waals surface area contributed by atoms with E-state index in [0.29, 0.717) is 11.3 Å². The maximum Gasteiger partial charge on any atom is 0.261 e. The van der Waals surface area contributed by atoms with Crippen LogP contribution in [-0.4, -0.2) is 24.4 Å². The third-order valence-electron chi connectivity index (χ3n) is 3.74. The van der Waals surface area contributed by atoms with Gasteiger partial charge >= 0.3 is 0 Å². The number of benzene rings is 2. The number of nitrogens with zero attached hydrogens (tertiary/aromatic N) is 1. The van der Waals surface area contributed by atoms with E-state index in [-0.39, 0.29) is 28.8 Å². The Hall–Kier alpha value is -3.46. The van der Waals surface area contributed by atoms with Gasteiger partial charge in [0.25, 0.3) is 10.0 Å². The number of carbonyl (C=O) groups is 1. The van der Waals surface area contributed by atoms with Gasteiger partial charge < -0.3 is 10.4 Å². The van der Waals surface area contributed by atoms with Crippen molar-refractivity contribution in [1.29, 1.82) is 0 Å². The highest BCUT2D eigenvalue weighted by Crippen LogP contribution is 2.20. The van der Waals surface area contributed by atoms with Crippen molar-refractivity contribution in [3.8, 4) is 5.75 Å². The van der Waals surface area contributed by atoms with E-state index in [0.717, 1.165) is 12.1 Å². The molecular formula is C19H16FN3O4S. The molecule has 0 saturated carbocycles. The Kier molecular flexibility index (Phi) is 5.55. The number of rotatable bonds is 6. The van der Waals surface area contributed by atoms with Crippen LogP contribution in [0, 0.1) is 5.82 Å². The lowest BCUT2D eigenvalue weighted by Gasteiger charge is -2.09. The Balaban J connectivity index is 1.64. The molecule has 7 nitrogen and oxygen atoms in total. The molecule has 0 unspecified atom stereocenters. The molecule has 3 N–H and O–H groups in total. The van der Waals surface area contributed by atoms with Crippen LogP contribution in [-0.2, 0) is 21.2 Å². The maximum absolute atomic E-state index is 12.9. The minimum absolute atomic E-state index is 0.0149. The van der Waals surface area contributed by atoms with Gasteiger partial charge in [-0.05, 0) is 54.1 Å². The van der Waals surface area contributed by atoms with Crippen molar-refractivity contribution in [2.75, 3.05) is 10.0 Å². The Morgan fingerprint density at radius 1 is 1.04 bits per heavy atom. The summed E-state index contributed by atoms with van der Waals surface area (Å²) in [6.45, 7) is 0. The number of sulfonamides is 1. The van der Waals surface area contributed by atoms with Gasteiger partial charge in [-0.15, -0.1) is 0 Å². The molecule has 0 fully saturated rings. The molecule has 0 radical (unpaired) electrons. The van der Waals surface area contributed by atoms with Crippen molar-refractivity contribution in [3.05, 3.63) is 78.2 Å². The summed E-state index contributed by atoms with van der Waals surface area (Å²) >= 11 is 0. The number of amides is 1. The van der Waals surface area contributed by atoms with Crippen LogP contribution in [0.4, 0.5) is 15.9 Å². The maximum atomic E-state index is 12.9. The molecule has 0 aliphatic rings. The smallest absolute Gasteiger partial charge is 0.261 e. The molecule has 3 rings (SSSR count). The van der Waals surface area contributed by atoms with Gasteiger partial charge in [0.2, 0.25) is 5.91 Å². The molecule has 1 amide bonds. The van der Waals surface area contributed by atoms with E-state index in [1.165, 1.54) is 42.6 Å². The number of hydrogen-bond acceptors (Lipinski definition) is 5. The predicted octanol–water partition coefficient (Wildman–Crippen LogP) is 2.91. The summed E-state index contributed by atoms with van der Waals surface area (Å²) in [6, 6.07) is 13.6. The van der Waals surface area contributed by atoms with Crippen LogP contribution in [0.15, 0.2) is 71.8 Å². The second-order valence-corrected chi connectivity index (χ2v) is 7.53. The van der Waals surface area contributed by atoms with E-state index in [1.54, 1.807) is 12.1 Å². The summed E-state index contributed by atoms with van der Waals surface area (Å²) in [6.07, 6.45) is 1.46. The Labute approximate surface area is 160 Å². The zero-order valence-corrected chi connectivity index (χ0v) is 15.3. The van der Waals surface area contributed by atoms with Gasteiger partial charge in [-0.25, -0.2) is 17.8 Å². The first kappa shape index (κ1) is 19.3. The number of nitrogens with one attached hydrogen (secondary N) is 2. The molecule has 144 valence electrons. The molecule has 0 bridgehead atoms. The highest BCUT2D eigenvalue weighted by molar-refractivity contribution is 7.92. The minimum atomic E-state index is -3.84. The summed E-state index contributed by atoms with van der Waals surface area (Å²) in [5.74, 6) is -0.980. The summed E-state index contributed by atoms with van der Waals surface area (Å²) in [5, 5.41) is 12.1. The number of aromatic hydroxyl groups is 1. The average molecular weight is 401 g/mol. The predicted molar refractivity (Wildman–Crippen MR) is 102 cm³/mol. The van der Waals surface area contributed by atoms with Crippen LogP contribution in [0.1, 0.15) is 5.56 Å². The van der Waals surface area contributed by atoms with Crippen LogP contribution in [0.3, 0.4) is 0 Å². The molecule has 28 heavy (non-hydrogen) atoms. The van der Waals surface area contributed by atoms with E-state index in [4.69, 9.17) is 0 Å². The van der Waals surface area contributed by atoms with Crippen molar-refractivity contribution in [2.45, 2.75) is 11.3 Å². The Morgan fingerprint density at radius 3 is 2.36 bits per heavy atom. The Morgan fingerprint density at radius 2 is 1.71 bits per heavy atom. The first-order valence-corrected chi connectivity index (χ1v) is 9.63. The number of carbonyl (C=O) groups excluding carboxylic acids is 1. The fraction of sp³-hybridized carbons (Fsp3) is 0.0526. The Bertz CT molecular complexity index is 1080. The largest absolute Gasteiger partial charge is 0.504 e. The number of anilines is 2. The molecule has 0 saturated heterocycles. The van der Waals surface area contributed by atoms with Gasteiger partial charge in [0, 0.05) is 11.9 Å². The summed E-state index contributed by atoms with van der Waals surface area (Å²) in [4.78, 5) is 15.9. The molecule has 1 aromatic heterocycles. The first-order valence-electron chi connectivity index (χ1n) is 8.15. The van der Waals surface area contributed by atoms with Gasteiger partial charge in [0.15, 0.2) is 11.6 Å². The topological polar surface area (TPSA) is 108 Å². The third-order valence-corrected chi connectivity index (χ3v) is 5.14. The zero-order valence-electron chi connectivity index (χ0n) is 14.5. The SMILES string of the molecule is O=C(Cc1ccc(NS(=O)(=O)c2ccc(F)cc2)cc1)Nc1ncccc1O. The van der Waals surface area contributed by atoms with Crippen LogP contribution < -0.4 is 10.0 Å². The molecule has 3 aromatic rings. The summed E-state index contributed by atoms with van der Waals surface area (Å²) in [7, 11) is -3.84. The van der Waals surface area contributed by atoms with Crippen LogP contribution in [0.5, 0.6) is 5.75 Å². The number of pyridine rings is 1. The fourth-order valence-electron chi connectivity index (χ4n) is 2.37. The van der Waals surface area contributed by atoms with Gasteiger partial charge in [0.1, 0.15) is 5.82 Å². The van der Waals surface area contributed by atoms with E-state index in [9.17, 15) is 22.7 Å². The van der Waals surface area contributed by atoms with Crippen LogP contribution in [0.2, 0.25) is 0 Å². The molecular weight excluding hydrogens is 385 g/mol. The normalized spacial score (nSPS) is 11.0. The highest BCUT2D eigenvalue weighted by Gasteiger charge is 2.14. The van der Waals surface area contributed by atoms with E-state index in [1.807, 2.05) is 0 Å². The molecule has 1 heterocycles. The van der Waals surface area contributed by atoms with Crippen molar-refractivity contribution >= 4 is 27.4 Å². The lowest BCUT2D eigenvalue weighted by atomic mass is 10.1. The number of hydrogen-bond donors (Lipinski definition) is 3. The summed E-state index contributed by atoms with van der Waals surface area (Å²) < 4.78 is 39.9. The molecule has 0 spiro atoms. The fourth-order valence-corrected chi connectivity index (χ4v) is 3.43. The van der Waals surface area contributed by atoms with E-state index < -0.39 is 15.8 Å². The molecule has 0 aliphatic carbocycles. The standard InChI is InChI=1S/C19H16FN3O4S/c20-14-5-9-16(10-6-14)28(26,27)23-15-7-3-13(4-8-15)12-18(25)22-19-17(24)2-1-11-21-19/h1-11,23-24H,12H2,(H,21,22,25). The van der Waals surface area contributed by atoms with E-state index >= 15 is 0 Å². The zero-order chi connectivity index (χ0) is 20.1. The van der Waals surface area contributed by atoms with Gasteiger partial charge in [0.05, 0.1) is 11.3 Å². The lowest BCUT2D eigenvalue weighted by molar-refractivity contribution is -0.115. The lowest BCUT2D eigenvalue weighted by Crippen LogP contribution is -2.15. The second kappa shape index (κ2) is 8.05. The second-order valence-electron chi connectivity index (χ2n) is 5.85. The molecule has 2 aromatic carbocycles. The third kappa shape index (κ3) is 4.83. The van der Waals surface area contributed by atoms with Gasteiger partial charge in [-0.2, -0.15) is 0 Å². The molecule has 0 atom stereocenters. The van der Waals surface area contributed by atoms with Gasteiger partial charge in [-0.1, -0.05) is 12.1 Å². The first-order chi connectivity index (χ1) is 13.3. The molecule has 9 heteroatoms. The van der Waals surface area contributed by atoms with Crippen molar-refractivity contribution in [1.82, 2.24) is 4.98 Å². The van der Waals surface area contributed by atoms with Crippen molar-refractivity contribution in [2.24, 2.45) is 0 Å². The highest BCUT2D eigenvalue weighted by atomic mass is 32.2. The van der Waals surface area contributed by atoms with Gasteiger partial charge in [-0.3, -0.25) is 9.52 Å². The van der Waals surface area contributed by atoms with Crippen LogP contribution >= 0.6 is 0 Å². The van der Waals surface area contributed by atoms with E-state index in [2.05, 4.69) is 15.0 Å². The van der Waals surface area contributed by atoms with Crippen LogP contribution in [0.25, 0.3) is 0 Å². The summed E-state index contributed by atoms with van der Waals surface area (Å²) in [5.41, 5.74) is 0.938. The molecule has 0 aliphatic heterocycles. The number of halogens is 1. The average Bonchev–Trinajstić information content (AvgIpc) is 2.65.